The molecule has 1 aromatic carbocycles. The summed E-state index contributed by atoms with van der Waals surface area (Å²) in [5.41, 5.74) is 0.787. The maximum absolute atomic E-state index is 10.9. The Kier molecular flexibility index (Phi) is 5.93. The zero-order valence-electron chi connectivity index (χ0n) is 11.5. The Balaban J connectivity index is 2.05. The van der Waals surface area contributed by atoms with Crippen LogP contribution in [0.15, 0.2) is 36.7 Å². The van der Waals surface area contributed by atoms with Gasteiger partial charge in [0.2, 0.25) is 0 Å². The van der Waals surface area contributed by atoms with Crippen molar-refractivity contribution in [2.45, 2.75) is 25.9 Å². The molecule has 0 amide bonds. The van der Waals surface area contributed by atoms with Gasteiger partial charge < -0.3 is 9.54 Å². The van der Waals surface area contributed by atoms with Crippen molar-refractivity contribution in [2.75, 3.05) is 0 Å². The minimum Gasteiger partial charge on any atom is -0.750 e. The van der Waals surface area contributed by atoms with E-state index in [1.807, 2.05) is 6.92 Å². The molecule has 0 aliphatic carbocycles. The number of aromatic nitrogens is 2. The topological polar surface area (TPSA) is 78.0 Å². The molecule has 3 unspecified atom stereocenters. The van der Waals surface area contributed by atoms with Gasteiger partial charge in [0.05, 0.1) is 17.5 Å². The van der Waals surface area contributed by atoms with Gasteiger partial charge in [-0.05, 0) is 30.0 Å². The lowest BCUT2D eigenvalue weighted by Crippen LogP contribution is -2.12. The van der Waals surface area contributed by atoms with Gasteiger partial charge in [-0.15, -0.1) is 0 Å². The molecule has 2 rings (SSSR count). The summed E-state index contributed by atoms with van der Waals surface area (Å²) < 4.78 is 26.8. The van der Waals surface area contributed by atoms with Crippen molar-refractivity contribution in [3.63, 3.8) is 0 Å². The third-order valence-electron chi connectivity index (χ3n) is 3.15. The van der Waals surface area contributed by atoms with Crippen LogP contribution < -0.4 is 0 Å². The maximum atomic E-state index is 10.9. The van der Waals surface area contributed by atoms with Crippen molar-refractivity contribution >= 4 is 23.0 Å². The molecule has 114 valence electrons. The summed E-state index contributed by atoms with van der Waals surface area (Å²) in [4.78, 5) is 7.21. The van der Waals surface area contributed by atoms with Gasteiger partial charge in [-0.1, -0.05) is 30.7 Å². The van der Waals surface area contributed by atoms with Crippen LogP contribution in [0.3, 0.4) is 0 Å². The van der Waals surface area contributed by atoms with Crippen molar-refractivity contribution < 1.29 is 12.9 Å². The van der Waals surface area contributed by atoms with Crippen LogP contribution in [0.4, 0.5) is 0 Å². The zero-order chi connectivity index (χ0) is 15.2. The molecule has 5 nitrogen and oxygen atoms in total. The maximum Gasteiger partial charge on any atom is 0.106 e. The number of hydrogen-bond acceptors (Lipinski definition) is 4. The number of imidazole rings is 1. The predicted octanol–water partition coefficient (Wildman–Crippen LogP) is 3.18. The Labute approximate surface area is 131 Å². The first-order chi connectivity index (χ1) is 10.0. The van der Waals surface area contributed by atoms with E-state index >= 15 is 0 Å². The normalized spacial score (nSPS) is 15.6. The van der Waals surface area contributed by atoms with E-state index in [1.165, 1.54) is 0 Å². The van der Waals surface area contributed by atoms with Crippen molar-refractivity contribution in [2.24, 2.45) is 5.92 Å². The summed E-state index contributed by atoms with van der Waals surface area (Å²) in [6.07, 6.45) is 4.23. The Morgan fingerprint density at radius 1 is 1.43 bits per heavy atom. The van der Waals surface area contributed by atoms with Crippen molar-refractivity contribution in [3.8, 4) is 0 Å². The molecule has 3 atom stereocenters. The summed E-state index contributed by atoms with van der Waals surface area (Å²) >= 11 is 3.28. The average Bonchev–Trinajstić information content (AvgIpc) is 2.91. The first kappa shape index (κ1) is 16.2. The number of nitrogens with zero attached hydrogens (tertiary/aromatic N) is 1. The van der Waals surface area contributed by atoms with Crippen LogP contribution in [0.2, 0.25) is 5.02 Å². The monoisotopic (exact) mass is 327 g/mol. The first-order valence-electron chi connectivity index (χ1n) is 6.54. The number of aromatic amines is 1. The summed E-state index contributed by atoms with van der Waals surface area (Å²) in [5, 5.41) is 0.601. The Bertz CT molecular complexity index is 574. The molecular formula is C14H16ClN2O3S-. The second-order valence-electron chi connectivity index (χ2n) is 4.92. The second-order valence-corrected chi connectivity index (χ2v) is 5.96. The molecule has 0 radical (unpaired) electrons. The first-order valence-corrected chi connectivity index (χ1v) is 7.92. The van der Waals surface area contributed by atoms with E-state index in [0.717, 1.165) is 17.8 Å². The minimum atomic E-state index is -2.56. The van der Waals surface area contributed by atoms with Crippen molar-refractivity contribution in [1.29, 1.82) is 0 Å². The summed E-state index contributed by atoms with van der Waals surface area (Å²) in [6.45, 7) is 2.03. The second kappa shape index (κ2) is 7.70. The van der Waals surface area contributed by atoms with E-state index in [2.05, 4.69) is 9.97 Å². The van der Waals surface area contributed by atoms with Crippen LogP contribution >= 0.6 is 11.6 Å². The molecular weight excluding hydrogens is 312 g/mol. The minimum absolute atomic E-state index is 0.209. The van der Waals surface area contributed by atoms with Gasteiger partial charge in [0.15, 0.2) is 0 Å². The lowest BCUT2D eigenvalue weighted by molar-refractivity contribution is 0.173. The van der Waals surface area contributed by atoms with Gasteiger partial charge in [0.25, 0.3) is 0 Å². The fourth-order valence-electron chi connectivity index (χ4n) is 2.19. The van der Waals surface area contributed by atoms with Gasteiger partial charge in [0.1, 0.15) is 5.82 Å². The van der Waals surface area contributed by atoms with E-state index in [0.29, 0.717) is 11.4 Å². The number of H-pyrrole nitrogens is 1. The predicted molar refractivity (Wildman–Crippen MR) is 80.3 cm³/mol. The molecule has 0 aliphatic rings. The molecule has 1 aromatic heterocycles. The van der Waals surface area contributed by atoms with E-state index in [4.69, 9.17) is 15.8 Å². The van der Waals surface area contributed by atoms with Crippen LogP contribution in [0.5, 0.6) is 0 Å². The van der Waals surface area contributed by atoms with Crippen LogP contribution in [-0.4, -0.2) is 18.7 Å². The van der Waals surface area contributed by atoms with Gasteiger partial charge in [-0.2, -0.15) is 0 Å². The summed E-state index contributed by atoms with van der Waals surface area (Å²) in [5.74, 6) is 1.08. The SMILES string of the molecule is CC(Cc1ncc[nH]1)CC(OS(=O)[O-])c1ccc(Cl)cc1. The summed E-state index contributed by atoms with van der Waals surface area (Å²) in [7, 11) is 0. The van der Waals surface area contributed by atoms with E-state index < -0.39 is 17.5 Å². The lowest BCUT2D eigenvalue weighted by Gasteiger charge is -2.22. The average molecular weight is 328 g/mol. The number of hydrogen-bond donors (Lipinski definition) is 1. The third kappa shape index (κ3) is 5.24. The molecule has 0 saturated carbocycles. The van der Waals surface area contributed by atoms with Gasteiger partial charge in [-0.3, -0.25) is 4.18 Å². The number of nitrogens with one attached hydrogen (secondary N) is 1. The van der Waals surface area contributed by atoms with Crippen LogP contribution in [0.1, 0.15) is 30.8 Å². The highest BCUT2D eigenvalue weighted by atomic mass is 35.5. The molecule has 0 aliphatic heterocycles. The van der Waals surface area contributed by atoms with Gasteiger partial charge in [0, 0.05) is 23.8 Å². The van der Waals surface area contributed by atoms with Crippen LogP contribution in [0, 0.1) is 5.92 Å². The Hall–Kier alpha value is -1.21. The number of rotatable bonds is 7. The summed E-state index contributed by atoms with van der Waals surface area (Å²) in [6, 6.07) is 7.00. The molecule has 0 bridgehead atoms. The molecule has 1 N–H and O–H groups in total. The Morgan fingerprint density at radius 2 is 2.14 bits per heavy atom. The van der Waals surface area contributed by atoms with Crippen molar-refractivity contribution in [1.82, 2.24) is 9.97 Å². The van der Waals surface area contributed by atoms with Gasteiger partial charge in [-0.25, -0.2) is 9.19 Å². The quantitative estimate of drug-likeness (QED) is 0.792. The molecule has 0 fully saturated rings. The Morgan fingerprint density at radius 3 is 2.71 bits per heavy atom. The van der Waals surface area contributed by atoms with E-state index in [-0.39, 0.29) is 5.92 Å². The number of benzene rings is 1. The van der Waals surface area contributed by atoms with Crippen LogP contribution in [0.25, 0.3) is 0 Å². The fourth-order valence-corrected chi connectivity index (χ4v) is 2.70. The highest BCUT2D eigenvalue weighted by molar-refractivity contribution is 7.74. The molecule has 2 aromatic rings. The van der Waals surface area contributed by atoms with E-state index in [9.17, 15) is 8.76 Å². The van der Waals surface area contributed by atoms with Crippen molar-refractivity contribution in [3.05, 3.63) is 53.1 Å². The smallest absolute Gasteiger partial charge is 0.106 e. The lowest BCUT2D eigenvalue weighted by atomic mass is 9.95. The highest BCUT2D eigenvalue weighted by Crippen LogP contribution is 2.28. The number of halogens is 1. The molecule has 1 heterocycles. The fraction of sp³-hybridized carbons (Fsp3) is 0.357. The molecule has 0 spiro atoms. The third-order valence-corrected chi connectivity index (χ3v) is 3.79. The zero-order valence-corrected chi connectivity index (χ0v) is 13.1. The standard InChI is InChI=1S/C14H17ClN2O3S/c1-10(9-14-16-6-7-17-14)8-13(20-21(18)19)11-2-4-12(15)5-3-11/h2-7,10,13H,8-9H2,1H3,(H,16,17)(H,18,19)/p-1. The molecule has 21 heavy (non-hydrogen) atoms. The highest BCUT2D eigenvalue weighted by Gasteiger charge is 2.18. The largest absolute Gasteiger partial charge is 0.750 e. The molecule has 7 heteroatoms. The van der Waals surface area contributed by atoms with Crippen LogP contribution in [-0.2, 0) is 22.0 Å². The van der Waals surface area contributed by atoms with E-state index in [1.54, 1.807) is 36.7 Å². The molecule has 0 saturated heterocycles. The van der Waals surface area contributed by atoms with Gasteiger partial charge >= 0.3 is 0 Å².